The van der Waals surface area contributed by atoms with Crippen molar-refractivity contribution in [1.29, 1.82) is 0 Å². The molecule has 4 rings (SSSR count). The molecule has 26 heavy (non-hydrogen) atoms. The Balaban J connectivity index is 1.45. The minimum absolute atomic E-state index is 0.624. The van der Waals surface area contributed by atoms with Crippen molar-refractivity contribution in [1.82, 2.24) is 5.32 Å². The van der Waals surface area contributed by atoms with Crippen molar-refractivity contribution in [3.63, 3.8) is 0 Å². The van der Waals surface area contributed by atoms with E-state index in [2.05, 4.69) is 52.1 Å². The molecule has 3 N–H and O–H groups in total. The third-order valence-electron chi connectivity index (χ3n) is 4.56. The molecule has 1 aliphatic rings. The SMILES string of the molecule is COc1ccc(CNCc2ccc3c(c2)Cc2ccsc2C(N)=N3)cc1. The molecule has 0 amide bonds. The summed E-state index contributed by atoms with van der Waals surface area (Å²) in [5.74, 6) is 1.51. The van der Waals surface area contributed by atoms with Gasteiger partial charge in [0.1, 0.15) is 11.6 Å². The predicted octanol–water partition coefficient (Wildman–Crippen LogP) is 3.99. The van der Waals surface area contributed by atoms with E-state index in [0.29, 0.717) is 5.84 Å². The number of amidine groups is 1. The Morgan fingerprint density at radius 2 is 1.81 bits per heavy atom. The molecule has 1 aliphatic heterocycles. The summed E-state index contributed by atoms with van der Waals surface area (Å²) in [4.78, 5) is 5.71. The number of aliphatic imine (C=N–C) groups is 1. The van der Waals surface area contributed by atoms with Crippen molar-refractivity contribution in [2.24, 2.45) is 10.7 Å². The molecule has 0 radical (unpaired) electrons. The molecule has 0 saturated heterocycles. The van der Waals surface area contributed by atoms with Gasteiger partial charge in [-0.3, -0.25) is 0 Å². The fraction of sp³-hybridized carbons (Fsp3) is 0.190. The first-order valence-electron chi connectivity index (χ1n) is 8.59. The second-order valence-electron chi connectivity index (χ2n) is 6.36. The van der Waals surface area contributed by atoms with Gasteiger partial charge in [0.15, 0.2) is 0 Å². The van der Waals surface area contributed by atoms with Gasteiger partial charge in [0, 0.05) is 19.5 Å². The third-order valence-corrected chi connectivity index (χ3v) is 5.54. The van der Waals surface area contributed by atoms with E-state index in [9.17, 15) is 0 Å². The van der Waals surface area contributed by atoms with E-state index in [4.69, 9.17) is 10.5 Å². The van der Waals surface area contributed by atoms with E-state index in [1.165, 1.54) is 22.3 Å². The van der Waals surface area contributed by atoms with Crippen LogP contribution in [-0.4, -0.2) is 12.9 Å². The summed E-state index contributed by atoms with van der Waals surface area (Å²) in [6.07, 6.45) is 0.880. The molecule has 0 atom stereocenters. The van der Waals surface area contributed by atoms with Crippen LogP contribution in [0.25, 0.3) is 0 Å². The van der Waals surface area contributed by atoms with E-state index in [1.54, 1.807) is 18.4 Å². The van der Waals surface area contributed by atoms with Crippen LogP contribution < -0.4 is 15.8 Å². The average Bonchev–Trinajstić information content (AvgIpc) is 3.08. The third kappa shape index (κ3) is 3.49. The summed E-state index contributed by atoms with van der Waals surface area (Å²) in [7, 11) is 1.68. The van der Waals surface area contributed by atoms with Crippen molar-refractivity contribution < 1.29 is 4.74 Å². The molecule has 1 aromatic heterocycles. The van der Waals surface area contributed by atoms with Crippen LogP contribution in [0.2, 0.25) is 0 Å². The zero-order valence-corrected chi connectivity index (χ0v) is 15.5. The second kappa shape index (κ2) is 7.32. The second-order valence-corrected chi connectivity index (χ2v) is 7.28. The molecule has 0 bridgehead atoms. The van der Waals surface area contributed by atoms with Crippen molar-refractivity contribution in [3.05, 3.63) is 81.0 Å². The van der Waals surface area contributed by atoms with Crippen LogP contribution in [0, 0.1) is 0 Å². The van der Waals surface area contributed by atoms with E-state index in [1.807, 2.05) is 12.1 Å². The molecule has 0 aliphatic carbocycles. The Hall–Kier alpha value is -2.63. The first-order chi connectivity index (χ1) is 12.7. The molecule has 3 aromatic rings. The van der Waals surface area contributed by atoms with Crippen molar-refractivity contribution in [2.45, 2.75) is 19.5 Å². The number of methoxy groups -OCH3 is 1. The number of ether oxygens (including phenoxy) is 1. The fourth-order valence-electron chi connectivity index (χ4n) is 3.18. The van der Waals surface area contributed by atoms with Gasteiger partial charge >= 0.3 is 0 Å². The summed E-state index contributed by atoms with van der Waals surface area (Å²) in [5, 5.41) is 5.58. The molecule has 2 aromatic carbocycles. The van der Waals surface area contributed by atoms with E-state index in [0.717, 1.165) is 35.8 Å². The molecule has 0 unspecified atom stereocenters. The molecule has 0 fully saturated rings. The minimum atomic E-state index is 0.624. The Bertz CT molecular complexity index is 944. The van der Waals surface area contributed by atoms with E-state index >= 15 is 0 Å². The summed E-state index contributed by atoms with van der Waals surface area (Å²) in [6.45, 7) is 1.63. The number of hydrogen-bond donors (Lipinski definition) is 2. The zero-order chi connectivity index (χ0) is 17.9. The van der Waals surface area contributed by atoms with Crippen LogP contribution in [0.15, 0.2) is 58.9 Å². The standard InChI is InChI=1S/C21H21N3OS/c1-25-18-5-2-14(3-6-18)12-23-13-15-4-7-19-17(10-15)11-16-8-9-26-20(16)21(22)24-19/h2-10,23H,11-13H2,1H3,(H2,22,24). The quantitative estimate of drug-likeness (QED) is 0.721. The average molecular weight is 363 g/mol. The molecule has 2 heterocycles. The number of thiophene rings is 1. The number of hydrogen-bond acceptors (Lipinski definition) is 5. The van der Waals surface area contributed by atoms with Crippen LogP contribution in [0.1, 0.15) is 27.1 Å². The van der Waals surface area contributed by atoms with Crippen LogP contribution in [-0.2, 0) is 19.5 Å². The highest BCUT2D eigenvalue weighted by Crippen LogP contribution is 2.31. The topological polar surface area (TPSA) is 59.6 Å². The van der Waals surface area contributed by atoms with Gasteiger partial charge in [-0.1, -0.05) is 24.3 Å². The highest BCUT2D eigenvalue weighted by atomic mass is 32.1. The van der Waals surface area contributed by atoms with E-state index in [-0.39, 0.29) is 0 Å². The summed E-state index contributed by atoms with van der Waals surface area (Å²) < 4.78 is 5.19. The summed E-state index contributed by atoms with van der Waals surface area (Å²) in [6, 6.07) is 16.7. The number of nitrogens with one attached hydrogen (secondary N) is 1. The lowest BCUT2D eigenvalue weighted by molar-refractivity contribution is 0.414. The lowest BCUT2D eigenvalue weighted by Gasteiger charge is -2.09. The maximum Gasteiger partial charge on any atom is 0.141 e. The molecule has 5 heteroatoms. The first kappa shape index (κ1) is 16.8. The Kier molecular flexibility index (Phi) is 4.73. The first-order valence-corrected chi connectivity index (χ1v) is 9.47. The van der Waals surface area contributed by atoms with Crippen molar-refractivity contribution >= 4 is 22.9 Å². The molecule has 132 valence electrons. The highest BCUT2D eigenvalue weighted by Gasteiger charge is 2.16. The van der Waals surface area contributed by atoms with Crippen molar-refractivity contribution in [2.75, 3.05) is 7.11 Å². The monoisotopic (exact) mass is 363 g/mol. The van der Waals surface area contributed by atoms with Crippen LogP contribution in [0.5, 0.6) is 5.75 Å². The fourth-order valence-corrected chi connectivity index (χ4v) is 4.01. The van der Waals surface area contributed by atoms with E-state index < -0.39 is 0 Å². The van der Waals surface area contributed by atoms with Crippen LogP contribution in [0.3, 0.4) is 0 Å². The molecule has 0 spiro atoms. The Morgan fingerprint density at radius 1 is 1.04 bits per heavy atom. The molecule has 4 nitrogen and oxygen atoms in total. The number of rotatable bonds is 5. The molecular weight excluding hydrogens is 342 g/mol. The number of nitrogens with two attached hydrogens (primary N) is 1. The van der Waals surface area contributed by atoms with Gasteiger partial charge in [-0.05, 0) is 51.9 Å². The normalized spacial score (nSPS) is 12.7. The predicted molar refractivity (Wildman–Crippen MR) is 107 cm³/mol. The van der Waals surface area contributed by atoms with Gasteiger partial charge in [-0.15, -0.1) is 11.3 Å². The van der Waals surface area contributed by atoms with Gasteiger partial charge in [0.2, 0.25) is 0 Å². The maximum absolute atomic E-state index is 6.15. The van der Waals surface area contributed by atoms with Crippen LogP contribution in [0.4, 0.5) is 5.69 Å². The summed E-state index contributed by atoms with van der Waals surface area (Å²) in [5.41, 5.74) is 12.1. The summed E-state index contributed by atoms with van der Waals surface area (Å²) >= 11 is 1.66. The minimum Gasteiger partial charge on any atom is -0.497 e. The largest absolute Gasteiger partial charge is 0.497 e. The van der Waals surface area contributed by atoms with Gasteiger partial charge < -0.3 is 15.8 Å². The number of fused-ring (bicyclic) bond motifs is 2. The Labute approximate surface area is 157 Å². The lowest BCUT2D eigenvalue weighted by atomic mass is 10.0. The maximum atomic E-state index is 6.15. The Morgan fingerprint density at radius 3 is 2.62 bits per heavy atom. The smallest absolute Gasteiger partial charge is 0.141 e. The van der Waals surface area contributed by atoms with Gasteiger partial charge in [0.25, 0.3) is 0 Å². The van der Waals surface area contributed by atoms with Gasteiger partial charge in [0.05, 0.1) is 17.7 Å². The van der Waals surface area contributed by atoms with Crippen molar-refractivity contribution in [3.8, 4) is 5.75 Å². The number of nitrogens with zero attached hydrogens (tertiary/aromatic N) is 1. The van der Waals surface area contributed by atoms with Gasteiger partial charge in [-0.2, -0.15) is 0 Å². The van der Waals surface area contributed by atoms with Crippen LogP contribution >= 0.6 is 11.3 Å². The number of benzene rings is 2. The highest BCUT2D eigenvalue weighted by molar-refractivity contribution is 7.12. The van der Waals surface area contributed by atoms with Gasteiger partial charge in [-0.25, -0.2) is 4.99 Å². The molecule has 0 saturated carbocycles. The zero-order valence-electron chi connectivity index (χ0n) is 14.7. The molecular formula is C21H21N3OS. The lowest BCUT2D eigenvalue weighted by Crippen LogP contribution is -2.12.